The second-order valence-electron chi connectivity index (χ2n) is 33.4. The van der Waals surface area contributed by atoms with E-state index in [2.05, 4.69) is 91.8 Å². The van der Waals surface area contributed by atoms with E-state index in [4.69, 9.17) is 42.6 Å². The summed E-state index contributed by atoms with van der Waals surface area (Å²) in [6.45, 7) is 16.5. The highest BCUT2D eigenvalue weighted by Crippen LogP contribution is 2.55. The molecule has 0 saturated carbocycles. The molecule has 131 heavy (non-hydrogen) atoms. The lowest BCUT2D eigenvalue weighted by Crippen LogP contribution is -2.42. The molecule has 0 N–H and O–H groups in total. The summed E-state index contributed by atoms with van der Waals surface area (Å²) in [7, 11) is 0. The topological polar surface area (TPSA) is 240 Å². The highest BCUT2D eigenvalue weighted by Gasteiger charge is 2.44. The van der Waals surface area contributed by atoms with Gasteiger partial charge in [0.2, 0.25) is 28.6 Å². The molecule has 0 aliphatic carbocycles. The second-order valence-corrected chi connectivity index (χ2v) is 33.4. The number of rotatable bonds is 8. The summed E-state index contributed by atoms with van der Waals surface area (Å²) >= 11 is 0. The largest absolute Gasteiger partial charge is 0.435 e. The molecule has 26 nitrogen and oxygen atoms in total. The van der Waals surface area contributed by atoms with Crippen LogP contribution in [0.4, 0.5) is 86.1 Å². The molecule has 0 bridgehead atoms. The SMILES string of the molecule is [2H]C(C)(C)N1c2ncccc2N(c2c(C)ccc3c2oc2ncccc23)C1C.[2H]C([2H])([2H])C([2H])(C)N1c2cccnc2N(c2c(C)ccc3c2oc2ncccc23)C1C.[2H]C([2H])([2H])C([2H])(C)N1c2ncccc2N(c2c(C)ccc3c2oc2ncccc23)C1C.[2H]C([2H])([2H])N1c2ncccc2N(c2c(C)ccc3c2oc2ncccc23)C1C.[2H]C([2H])([2H])N1c2nccnc2N(c2c(C)ccc3c2oc2ncccc23)C1C. The number of anilines is 15. The summed E-state index contributed by atoms with van der Waals surface area (Å²) in [4.78, 5) is 66.5. The van der Waals surface area contributed by atoms with Crippen molar-refractivity contribution in [3.8, 4) is 0 Å². The standard InChI is InChI=1S/3C22H22N4O.C20H18N4O.C19H17N5O/c2*1-13(2)25-15(4)26(18-8-6-11-23-21(18)25)19-14(3)9-10-16-17-7-5-12-24-22(17)27-20(16)19;1-13(2)25-15(4)26(21-18(25)8-6-11-23-21)19-14(3)9-10-16-17-7-5-12-24-22(17)27-20(16)19;1-12-8-9-14-15-6-4-11-22-20(15)25-18(14)17(12)24-13(2)23(3)19-16(24)7-5-10-21-19;1-11-6-7-13-14-5-4-8-22-19(14)25-16(13)15(11)24-12(2)23(3)17-18(24)21-10-9-20-17/h3*5-13,15H,1-4H3;4-11,13H,1-3H3;4-10,12H,1-3H3/i1D3,13D;13D;1D3,13D;2*3D3. The van der Waals surface area contributed by atoms with Gasteiger partial charge < -0.3 is 66.2 Å². The lowest BCUT2D eigenvalue weighted by Gasteiger charge is -2.33. The fourth-order valence-electron chi connectivity index (χ4n) is 19.4. The van der Waals surface area contributed by atoms with E-state index in [0.717, 1.165) is 139 Å². The number of benzene rings is 5. The van der Waals surface area contributed by atoms with E-state index in [1.54, 1.807) is 77.8 Å². The molecule has 0 radical (unpaired) electrons. The van der Waals surface area contributed by atoms with Gasteiger partial charge in [0, 0.05) is 170 Å². The molecule has 0 amide bonds. The molecule has 20 aromatic rings. The van der Waals surface area contributed by atoms with Crippen LogP contribution in [0.5, 0.6) is 0 Å². The predicted molar refractivity (Wildman–Crippen MR) is 528 cm³/mol. The fourth-order valence-corrected chi connectivity index (χ4v) is 19.4. The van der Waals surface area contributed by atoms with Crippen LogP contribution in [0.15, 0.2) is 260 Å². The maximum Gasteiger partial charge on any atom is 0.227 e. The van der Waals surface area contributed by atoms with Gasteiger partial charge in [-0.2, -0.15) is 0 Å². The summed E-state index contributed by atoms with van der Waals surface area (Å²) in [5.41, 5.74) is 18.6. The Kier molecular flexibility index (Phi) is 16.5. The highest BCUT2D eigenvalue weighted by molar-refractivity contribution is 6.15. The molecule has 5 aliphatic heterocycles. The predicted octanol–water partition coefficient (Wildman–Crippen LogP) is 24.8. The molecule has 7 unspecified atom stereocenters. The number of nitrogens with zero attached hydrogens (tertiary/aromatic N) is 21. The van der Waals surface area contributed by atoms with Crippen LogP contribution >= 0.6 is 0 Å². The van der Waals surface area contributed by atoms with Crippen molar-refractivity contribution < 1.29 is 42.6 Å². The Labute approximate surface area is 778 Å². The molecule has 5 aromatic carbocycles. The van der Waals surface area contributed by atoms with Gasteiger partial charge in [-0.15, -0.1) is 0 Å². The number of hydrogen-bond acceptors (Lipinski definition) is 26. The minimum Gasteiger partial charge on any atom is -0.435 e. The molecular formula is C105H101N21O5. The number of pyridine rings is 9. The molecule has 656 valence electrons. The van der Waals surface area contributed by atoms with Gasteiger partial charge in [-0.3, -0.25) is 4.90 Å². The van der Waals surface area contributed by atoms with Gasteiger partial charge in [-0.1, -0.05) is 60.7 Å². The zero-order valence-electron chi connectivity index (χ0n) is 89.3. The maximum absolute atomic E-state index is 8.77. The Hall–Kier alpha value is -15.5. The van der Waals surface area contributed by atoms with Crippen LogP contribution in [0.2, 0.25) is 0 Å². The van der Waals surface area contributed by atoms with Gasteiger partial charge in [0.15, 0.2) is 62.8 Å². The molecular weight excluding hydrogens is 1640 g/mol. The van der Waals surface area contributed by atoms with E-state index < -0.39 is 70.4 Å². The Morgan fingerprint density at radius 3 is 0.870 bits per heavy atom. The number of hydrogen-bond donors (Lipinski definition) is 0. The first-order chi connectivity index (χ1) is 69.4. The average molecular weight is 1750 g/mol. The fraction of sp³-hybridized carbons (Fsp3) is 0.248. The molecule has 5 aliphatic rings. The van der Waals surface area contributed by atoms with Crippen molar-refractivity contribution in [2.75, 3.05) is 63.0 Å². The zero-order chi connectivity index (χ0) is 103. The Morgan fingerprint density at radius 2 is 0.511 bits per heavy atom. The molecule has 0 fully saturated rings. The minimum atomic E-state index is -2.53. The first-order valence-electron chi connectivity index (χ1n) is 50.8. The number of aryl methyl sites for hydroxylation is 5. The first kappa shape index (κ1) is 66.9. The summed E-state index contributed by atoms with van der Waals surface area (Å²) in [6.07, 6.45) is 16.3. The molecule has 7 atom stereocenters. The molecule has 25 rings (SSSR count). The van der Waals surface area contributed by atoms with E-state index in [1.165, 1.54) is 29.8 Å². The van der Waals surface area contributed by atoms with Crippen molar-refractivity contribution in [1.82, 2.24) is 54.8 Å². The normalized spacial score (nSPS) is 19.8. The van der Waals surface area contributed by atoms with Crippen molar-refractivity contribution in [3.63, 3.8) is 0 Å². The van der Waals surface area contributed by atoms with Crippen molar-refractivity contribution in [1.29, 1.82) is 0 Å². The summed E-state index contributed by atoms with van der Waals surface area (Å²) in [6, 6.07) is 50.1. The van der Waals surface area contributed by atoms with Crippen LogP contribution < -0.4 is 49.0 Å². The van der Waals surface area contributed by atoms with Gasteiger partial charge in [0.05, 0.1) is 55.3 Å². The zero-order valence-corrected chi connectivity index (χ0v) is 74.3. The van der Waals surface area contributed by atoms with Crippen molar-refractivity contribution in [3.05, 3.63) is 266 Å². The van der Waals surface area contributed by atoms with Crippen molar-refractivity contribution in [2.24, 2.45) is 0 Å². The Balaban J connectivity index is 0.000000107. The van der Waals surface area contributed by atoms with Crippen LogP contribution in [0.1, 0.15) is 124 Å². The lowest BCUT2D eigenvalue weighted by molar-refractivity contribution is 0.597. The van der Waals surface area contributed by atoms with E-state index in [9.17, 15) is 0 Å². The van der Waals surface area contributed by atoms with Gasteiger partial charge in [-0.05, 0) is 248 Å². The first-order valence-corrected chi connectivity index (χ1v) is 43.3. The quantitative estimate of drug-likeness (QED) is 0.137. The molecule has 0 spiro atoms. The maximum atomic E-state index is 8.77. The third-order valence-corrected chi connectivity index (χ3v) is 25.2. The van der Waals surface area contributed by atoms with Crippen LogP contribution in [0.3, 0.4) is 0 Å². The number of aromatic nitrogens is 11. The van der Waals surface area contributed by atoms with Gasteiger partial charge in [0.1, 0.15) is 30.8 Å². The summed E-state index contributed by atoms with van der Waals surface area (Å²) < 4.78 is 153. The van der Waals surface area contributed by atoms with E-state index in [1.807, 2.05) is 239 Å². The Bertz CT molecular complexity index is 7890. The van der Waals surface area contributed by atoms with Gasteiger partial charge >= 0.3 is 0 Å². The monoisotopic (exact) mass is 1750 g/mol. The second kappa shape index (κ2) is 32.4. The molecule has 20 heterocycles. The van der Waals surface area contributed by atoms with E-state index in [0.29, 0.717) is 85.7 Å². The van der Waals surface area contributed by atoms with Gasteiger partial charge in [-0.25, -0.2) is 54.8 Å². The summed E-state index contributed by atoms with van der Waals surface area (Å²) in [5.74, 6) is 3.16. The van der Waals surface area contributed by atoms with Crippen molar-refractivity contribution >= 4 is 196 Å². The van der Waals surface area contributed by atoms with E-state index in [-0.39, 0.29) is 6.17 Å². The van der Waals surface area contributed by atoms with Crippen LogP contribution in [-0.4, -0.2) is 118 Å². The Morgan fingerprint density at radius 1 is 0.252 bits per heavy atom. The van der Waals surface area contributed by atoms with Crippen molar-refractivity contribution in [2.45, 2.75) is 160 Å². The number of furan rings is 5. The lowest BCUT2D eigenvalue weighted by atomic mass is 10.1. The third-order valence-electron chi connectivity index (χ3n) is 25.2. The van der Waals surface area contributed by atoms with Crippen LogP contribution in [0, 0.1) is 34.6 Å². The molecule has 0 saturated heterocycles. The third kappa shape index (κ3) is 13.2. The van der Waals surface area contributed by atoms with Gasteiger partial charge in [0.25, 0.3) is 0 Å². The average Bonchev–Trinajstić information content (AvgIpc) is 1.59. The van der Waals surface area contributed by atoms with E-state index >= 15 is 0 Å². The highest BCUT2D eigenvalue weighted by atomic mass is 16.4. The van der Waals surface area contributed by atoms with Crippen LogP contribution in [-0.2, 0) is 0 Å². The smallest absolute Gasteiger partial charge is 0.227 e. The minimum absolute atomic E-state index is 0.0807. The van der Waals surface area contributed by atoms with Crippen LogP contribution in [0.25, 0.3) is 110 Å². The summed E-state index contributed by atoms with van der Waals surface area (Å²) in [5, 5.41) is 9.48. The molecule has 26 heteroatoms. The molecule has 15 aromatic heterocycles. The number of fused-ring (bicyclic) bond motifs is 20.